The van der Waals surface area contributed by atoms with Gasteiger partial charge in [-0.25, -0.2) is 0 Å². The largest absolute Gasteiger partial charge is 0.459 e. The van der Waals surface area contributed by atoms with Gasteiger partial charge < -0.3 is 4.74 Å². The van der Waals surface area contributed by atoms with Gasteiger partial charge >= 0.3 is 5.97 Å². The van der Waals surface area contributed by atoms with E-state index in [1.165, 1.54) is 4.90 Å². The van der Waals surface area contributed by atoms with Crippen LogP contribution in [-0.4, -0.2) is 40.9 Å². The number of hydrogen-bond acceptors (Lipinski definition) is 5. The molecule has 1 fully saturated rings. The molecule has 1 aromatic carbocycles. The monoisotopic (exact) mass is 341 g/mol. The highest BCUT2D eigenvalue weighted by molar-refractivity contribution is 7.86. The van der Waals surface area contributed by atoms with E-state index in [1.54, 1.807) is 20.8 Å². The van der Waals surface area contributed by atoms with Crippen molar-refractivity contribution in [2.24, 2.45) is 0 Å². The van der Waals surface area contributed by atoms with Crippen LogP contribution in [0.15, 0.2) is 30.3 Å². The molecule has 0 radical (unpaired) electrons. The first-order chi connectivity index (χ1) is 10.6. The average molecular weight is 341 g/mol. The summed E-state index contributed by atoms with van der Waals surface area (Å²) in [5, 5.41) is -1.08. The Hall–Kier alpha value is -1.44. The van der Waals surface area contributed by atoms with Gasteiger partial charge in [-0.15, -0.1) is 0 Å². The molecule has 6 nitrogen and oxygen atoms in total. The van der Waals surface area contributed by atoms with Crippen molar-refractivity contribution in [3.8, 4) is 0 Å². The van der Waals surface area contributed by atoms with E-state index < -0.39 is 33.1 Å². The molecule has 1 N–H and O–H groups in total. The minimum absolute atomic E-state index is 0.204. The molecule has 1 aromatic rings. The van der Waals surface area contributed by atoms with E-state index in [4.69, 9.17) is 4.74 Å². The minimum Gasteiger partial charge on any atom is -0.459 e. The SMILES string of the molecule is CC(C)(C)OC(=O)C1CCC(S(=O)(=O)O)N1Cc1ccccc1. The fraction of sp³-hybridized carbons (Fsp3) is 0.562. The van der Waals surface area contributed by atoms with Gasteiger partial charge in [0.25, 0.3) is 10.1 Å². The maximum absolute atomic E-state index is 12.4. The van der Waals surface area contributed by atoms with Crippen molar-refractivity contribution in [1.82, 2.24) is 4.90 Å². The third-order valence-corrected chi connectivity index (χ3v) is 4.88. The molecule has 7 heteroatoms. The molecule has 1 heterocycles. The summed E-state index contributed by atoms with van der Waals surface area (Å²) in [5.41, 5.74) is 0.225. The Morgan fingerprint density at radius 1 is 1.26 bits per heavy atom. The van der Waals surface area contributed by atoms with Crippen molar-refractivity contribution >= 4 is 16.1 Å². The molecule has 0 aliphatic carbocycles. The lowest BCUT2D eigenvalue weighted by molar-refractivity contribution is -0.160. The Morgan fingerprint density at radius 2 is 1.87 bits per heavy atom. The molecule has 2 unspecified atom stereocenters. The Kier molecular flexibility index (Phi) is 5.13. The molecule has 1 aliphatic heterocycles. The van der Waals surface area contributed by atoms with E-state index in [0.717, 1.165) is 5.56 Å². The Morgan fingerprint density at radius 3 is 2.39 bits per heavy atom. The molecule has 1 saturated heterocycles. The van der Waals surface area contributed by atoms with E-state index >= 15 is 0 Å². The first-order valence-electron chi connectivity index (χ1n) is 7.57. The number of carbonyl (C=O) groups is 1. The van der Waals surface area contributed by atoms with Crippen LogP contribution in [0.2, 0.25) is 0 Å². The van der Waals surface area contributed by atoms with Crippen LogP contribution in [-0.2, 0) is 26.2 Å². The molecule has 0 aromatic heterocycles. The first-order valence-corrected chi connectivity index (χ1v) is 9.07. The van der Waals surface area contributed by atoms with Crippen LogP contribution in [0.4, 0.5) is 0 Å². The molecule has 2 rings (SSSR count). The van der Waals surface area contributed by atoms with Crippen LogP contribution in [0.5, 0.6) is 0 Å². The lowest BCUT2D eigenvalue weighted by atomic mass is 10.1. The fourth-order valence-electron chi connectivity index (χ4n) is 2.78. The minimum atomic E-state index is -4.26. The second kappa shape index (κ2) is 6.59. The van der Waals surface area contributed by atoms with E-state index in [0.29, 0.717) is 6.42 Å². The predicted octanol–water partition coefficient (Wildman–Crippen LogP) is 2.21. The summed E-state index contributed by atoms with van der Waals surface area (Å²) in [5.74, 6) is -0.459. The van der Waals surface area contributed by atoms with Crippen LogP contribution >= 0.6 is 0 Å². The first kappa shape index (κ1) is 17.9. The van der Waals surface area contributed by atoms with Crippen molar-refractivity contribution in [2.45, 2.75) is 57.2 Å². The highest BCUT2D eigenvalue weighted by atomic mass is 32.2. The molecule has 0 amide bonds. The number of rotatable bonds is 4. The predicted molar refractivity (Wildman–Crippen MR) is 86.2 cm³/mol. The van der Waals surface area contributed by atoms with Crippen LogP contribution in [0.1, 0.15) is 39.2 Å². The zero-order chi connectivity index (χ0) is 17.3. The maximum atomic E-state index is 12.4. The Bertz CT molecular complexity index is 651. The summed E-state index contributed by atoms with van der Waals surface area (Å²) in [7, 11) is -4.26. The number of hydrogen-bond donors (Lipinski definition) is 1. The van der Waals surface area contributed by atoms with Gasteiger partial charge in [-0.2, -0.15) is 8.42 Å². The maximum Gasteiger partial charge on any atom is 0.323 e. The third kappa shape index (κ3) is 4.76. The quantitative estimate of drug-likeness (QED) is 0.668. The molecular formula is C16H23NO5S. The summed E-state index contributed by atoms with van der Waals surface area (Å²) in [6, 6.07) is 8.57. The van der Waals surface area contributed by atoms with Gasteiger partial charge in [-0.1, -0.05) is 30.3 Å². The zero-order valence-electron chi connectivity index (χ0n) is 13.6. The van der Waals surface area contributed by atoms with Crippen molar-refractivity contribution in [3.63, 3.8) is 0 Å². The second-order valence-corrected chi connectivity index (χ2v) is 8.33. The lowest BCUT2D eigenvalue weighted by Crippen LogP contribution is -2.45. The van der Waals surface area contributed by atoms with Gasteiger partial charge in [-0.05, 0) is 39.2 Å². The smallest absolute Gasteiger partial charge is 0.323 e. The summed E-state index contributed by atoms with van der Waals surface area (Å²) in [4.78, 5) is 13.9. The lowest BCUT2D eigenvalue weighted by Gasteiger charge is -2.29. The number of likely N-dealkylation sites (tertiary alicyclic amines) is 1. The van der Waals surface area contributed by atoms with Crippen molar-refractivity contribution in [1.29, 1.82) is 0 Å². The number of carbonyl (C=O) groups excluding carboxylic acids is 1. The van der Waals surface area contributed by atoms with E-state index in [2.05, 4.69) is 0 Å². The van der Waals surface area contributed by atoms with Gasteiger partial charge in [0.2, 0.25) is 0 Å². The van der Waals surface area contributed by atoms with Gasteiger partial charge in [0.15, 0.2) is 0 Å². The highest BCUT2D eigenvalue weighted by Gasteiger charge is 2.45. The molecule has 23 heavy (non-hydrogen) atoms. The normalized spacial score (nSPS) is 23.0. The van der Waals surface area contributed by atoms with E-state index in [1.807, 2.05) is 30.3 Å². The molecule has 1 aliphatic rings. The van der Waals surface area contributed by atoms with Gasteiger partial charge in [0.05, 0.1) is 0 Å². The van der Waals surface area contributed by atoms with Crippen LogP contribution < -0.4 is 0 Å². The molecule has 0 bridgehead atoms. The van der Waals surface area contributed by atoms with Crippen LogP contribution in [0, 0.1) is 0 Å². The zero-order valence-corrected chi connectivity index (χ0v) is 14.4. The summed E-state index contributed by atoms with van der Waals surface area (Å²) in [6.07, 6.45) is 0.543. The molecule has 0 saturated carbocycles. The summed E-state index contributed by atoms with van der Waals surface area (Å²) >= 11 is 0. The van der Waals surface area contributed by atoms with Crippen molar-refractivity contribution < 1.29 is 22.5 Å². The molecule has 128 valence electrons. The molecule has 0 spiro atoms. The van der Waals surface area contributed by atoms with E-state index in [9.17, 15) is 17.8 Å². The third-order valence-electron chi connectivity index (χ3n) is 3.69. The fourth-order valence-corrected chi connectivity index (χ4v) is 3.78. The summed E-state index contributed by atoms with van der Waals surface area (Å²) < 4.78 is 38.2. The van der Waals surface area contributed by atoms with Gasteiger partial charge in [-0.3, -0.25) is 14.2 Å². The standard InChI is InChI=1S/C16H23NO5S/c1-16(2,3)22-15(18)13-9-10-14(23(19,20)21)17(13)11-12-7-5-4-6-8-12/h4-8,13-14H,9-11H2,1-3H3,(H,19,20,21). The average Bonchev–Trinajstić information content (AvgIpc) is 2.81. The Balaban J connectivity index is 2.25. The second-order valence-electron chi connectivity index (χ2n) is 6.75. The molecule has 2 atom stereocenters. The summed E-state index contributed by atoms with van der Waals surface area (Å²) in [6.45, 7) is 5.56. The van der Waals surface area contributed by atoms with Gasteiger partial charge in [0.1, 0.15) is 17.0 Å². The number of benzene rings is 1. The number of nitrogens with zero attached hydrogens (tertiary/aromatic N) is 1. The topological polar surface area (TPSA) is 83.9 Å². The molecular weight excluding hydrogens is 318 g/mol. The van der Waals surface area contributed by atoms with Crippen molar-refractivity contribution in [2.75, 3.05) is 0 Å². The van der Waals surface area contributed by atoms with Crippen molar-refractivity contribution in [3.05, 3.63) is 35.9 Å². The van der Waals surface area contributed by atoms with Crippen LogP contribution in [0.3, 0.4) is 0 Å². The van der Waals surface area contributed by atoms with E-state index in [-0.39, 0.29) is 13.0 Å². The highest BCUT2D eigenvalue weighted by Crippen LogP contribution is 2.31. The Labute approximate surface area is 137 Å². The van der Waals surface area contributed by atoms with Gasteiger partial charge in [0, 0.05) is 6.54 Å². The van der Waals surface area contributed by atoms with Crippen LogP contribution in [0.25, 0.3) is 0 Å². The number of ether oxygens (including phenoxy) is 1. The number of esters is 1.